The smallest absolute Gasteiger partial charge is 0.0596 e. The highest BCUT2D eigenvalue weighted by Crippen LogP contribution is 2.52. The second-order valence-electron chi connectivity index (χ2n) is 9.31. The predicted molar refractivity (Wildman–Crippen MR) is 134 cm³/mol. The maximum atomic E-state index is 4.33. The summed E-state index contributed by atoms with van der Waals surface area (Å²) in [6.07, 6.45) is 13.0. The van der Waals surface area contributed by atoms with Crippen LogP contribution < -0.4 is 4.90 Å². The second-order valence-corrected chi connectivity index (χ2v) is 9.31. The van der Waals surface area contributed by atoms with Crippen LogP contribution in [0.4, 0.5) is 11.4 Å². The summed E-state index contributed by atoms with van der Waals surface area (Å²) >= 11 is 0. The molecule has 0 bridgehead atoms. The Morgan fingerprint density at radius 3 is 2.41 bits per heavy atom. The van der Waals surface area contributed by atoms with Gasteiger partial charge in [0, 0.05) is 46.1 Å². The first kappa shape index (κ1) is 19.1. The molecule has 0 saturated carbocycles. The number of rotatable bonds is 2. The van der Waals surface area contributed by atoms with Crippen molar-refractivity contribution in [1.82, 2.24) is 4.98 Å². The first-order valence-electron chi connectivity index (χ1n) is 11.3. The molecule has 2 nitrogen and oxygen atoms in total. The van der Waals surface area contributed by atoms with Gasteiger partial charge in [-0.3, -0.25) is 4.98 Å². The number of anilines is 2. The molecule has 0 N–H and O–H groups in total. The number of pyridine rings is 1. The Balaban J connectivity index is 1.63. The lowest BCUT2D eigenvalue weighted by atomic mass is 9.65. The molecular weight excluding hydrogens is 388 g/mol. The summed E-state index contributed by atoms with van der Waals surface area (Å²) in [7, 11) is 0. The first-order valence-corrected chi connectivity index (χ1v) is 11.3. The maximum absolute atomic E-state index is 4.33. The molecule has 2 heteroatoms. The molecule has 3 aromatic carbocycles. The Kier molecular flexibility index (Phi) is 4.29. The predicted octanol–water partition coefficient (Wildman–Crippen LogP) is 7.44. The van der Waals surface area contributed by atoms with Crippen molar-refractivity contribution in [2.75, 3.05) is 4.90 Å². The molecule has 32 heavy (non-hydrogen) atoms. The normalized spacial score (nSPS) is 20.8. The number of allylic oxidation sites excluding steroid dienone is 2. The van der Waals surface area contributed by atoms with Gasteiger partial charge >= 0.3 is 0 Å². The standard InChI is InChI=1S/C30H26N2/c1-30(2)25-13-4-7-16-28(25)32(29-17-8-5-14-26(29)30)27-15-6-3-11-24(27)23-12-9-10-21-20-31-19-18-22(21)23/h3-20,25,28H,1-2H3. The van der Waals surface area contributed by atoms with Gasteiger partial charge in [0.15, 0.2) is 0 Å². The molecule has 6 rings (SSSR count). The fourth-order valence-electron chi connectivity index (χ4n) is 5.64. The second kappa shape index (κ2) is 7.20. The van der Waals surface area contributed by atoms with Gasteiger partial charge in [-0.1, -0.05) is 92.7 Å². The van der Waals surface area contributed by atoms with Crippen LogP contribution in [0.3, 0.4) is 0 Å². The summed E-state index contributed by atoms with van der Waals surface area (Å²) in [4.78, 5) is 6.89. The van der Waals surface area contributed by atoms with E-state index in [0.29, 0.717) is 5.92 Å². The molecule has 0 saturated heterocycles. The van der Waals surface area contributed by atoms with E-state index in [4.69, 9.17) is 0 Å². The lowest BCUT2D eigenvalue weighted by Crippen LogP contribution is -2.49. The average molecular weight is 415 g/mol. The zero-order valence-corrected chi connectivity index (χ0v) is 18.4. The highest BCUT2D eigenvalue weighted by Gasteiger charge is 2.45. The van der Waals surface area contributed by atoms with Gasteiger partial charge in [-0.15, -0.1) is 0 Å². The van der Waals surface area contributed by atoms with Crippen molar-refractivity contribution in [2.24, 2.45) is 5.92 Å². The van der Waals surface area contributed by atoms with E-state index in [9.17, 15) is 0 Å². The summed E-state index contributed by atoms with van der Waals surface area (Å²) < 4.78 is 0. The van der Waals surface area contributed by atoms with Crippen LogP contribution in [-0.4, -0.2) is 11.0 Å². The Morgan fingerprint density at radius 1 is 0.750 bits per heavy atom. The summed E-state index contributed by atoms with van der Waals surface area (Å²) in [5.74, 6) is 0.396. The van der Waals surface area contributed by atoms with Gasteiger partial charge in [0.1, 0.15) is 0 Å². The Hall–Kier alpha value is -3.65. The third kappa shape index (κ3) is 2.76. The van der Waals surface area contributed by atoms with Gasteiger partial charge in [-0.25, -0.2) is 0 Å². The monoisotopic (exact) mass is 414 g/mol. The number of fused-ring (bicyclic) bond motifs is 3. The number of benzene rings is 3. The SMILES string of the molecule is CC1(C)c2ccccc2N(c2ccccc2-c2cccc3cnccc23)C2C=CC=CC21. The average Bonchev–Trinajstić information content (AvgIpc) is 2.84. The Bertz CT molecular complexity index is 1370. The third-order valence-electron chi connectivity index (χ3n) is 7.23. The van der Waals surface area contributed by atoms with E-state index in [2.05, 4.69) is 121 Å². The molecule has 0 amide bonds. The first-order chi connectivity index (χ1) is 15.7. The molecule has 0 fully saturated rings. The lowest BCUT2D eigenvalue weighted by molar-refractivity contribution is 0.332. The Morgan fingerprint density at radius 2 is 1.50 bits per heavy atom. The summed E-state index contributed by atoms with van der Waals surface area (Å²) in [6, 6.07) is 26.6. The topological polar surface area (TPSA) is 16.1 Å². The van der Waals surface area contributed by atoms with Gasteiger partial charge in [0.05, 0.1) is 6.04 Å². The number of para-hydroxylation sites is 2. The highest BCUT2D eigenvalue weighted by atomic mass is 15.2. The molecule has 2 unspecified atom stereocenters. The molecule has 1 aliphatic heterocycles. The summed E-state index contributed by atoms with van der Waals surface area (Å²) in [6.45, 7) is 4.77. The van der Waals surface area contributed by atoms with Gasteiger partial charge < -0.3 is 4.90 Å². The van der Waals surface area contributed by atoms with E-state index >= 15 is 0 Å². The van der Waals surface area contributed by atoms with E-state index in [1.54, 1.807) is 0 Å². The Labute approximate surface area is 189 Å². The minimum atomic E-state index is 0.0546. The van der Waals surface area contributed by atoms with E-state index in [1.807, 2.05) is 12.4 Å². The molecule has 0 radical (unpaired) electrons. The lowest BCUT2D eigenvalue weighted by Gasteiger charge is -2.51. The van der Waals surface area contributed by atoms with E-state index in [1.165, 1.54) is 38.8 Å². The molecule has 156 valence electrons. The summed E-state index contributed by atoms with van der Waals surface area (Å²) in [5.41, 5.74) is 6.50. The molecule has 2 aliphatic rings. The zero-order chi connectivity index (χ0) is 21.7. The number of hydrogen-bond acceptors (Lipinski definition) is 2. The van der Waals surface area contributed by atoms with E-state index < -0.39 is 0 Å². The quantitative estimate of drug-likeness (QED) is 0.339. The van der Waals surface area contributed by atoms with Crippen molar-refractivity contribution in [1.29, 1.82) is 0 Å². The van der Waals surface area contributed by atoms with Crippen molar-refractivity contribution < 1.29 is 0 Å². The van der Waals surface area contributed by atoms with Crippen molar-refractivity contribution in [3.8, 4) is 11.1 Å². The zero-order valence-electron chi connectivity index (χ0n) is 18.4. The van der Waals surface area contributed by atoms with Crippen LogP contribution in [0.5, 0.6) is 0 Å². The van der Waals surface area contributed by atoms with E-state index in [0.717, 1.165) is 0 Å². The van der Waals surface area contributed by atoms with E-state index in [-0.39, 0.29) is 11.5 Å². The van der Waals surface area contributed by atoms with Crippen molar-refractivity contribution in [3.05, 3.63) is 115 Å². The van der Waals surface area contributed by atoms with Crippen LogP contribution in [0, 0.1) is 5.92 Å². The maximum Gasteiger partial charge on any atom is 0.0596 e. The minimum Gasteiger partial charge on any atom is -0.333 e. The third-order valence-corrected chi connectivity index (χ3v) is 7.23. The largest absolute Gasteiger partial charge is 0.333 e. The molecule has 1 aliphatic carbocycles. The number of hydrogen-bond donors (Lipinski definition) is 0. The molecule has 2 heterocycles. The highest BCUT2D eigenvalue weighted by molar-refractivity contribution is 6.00. The van der Waals surface area contributed by atoms with Crippen LogP contribution in [0.1, 0.15) is 19.4 Å². The van der Waals surface area contributed by atoms with Gasteiger partial charge in [-0.2, -0.15) is 0 Å². The summed E-state index contributed by atoms with van der Waals surface area (Å²) in [5, 5.41) is 2.40. The van der Waals surface area contributed by atoms with Crippen molar-refractivity contribution in [2.45, 2.75) is 25.3 Å². The van der Waals surface area contributed by atoms with Crippen LogP contribution in [-0.2, 0) is 5.41 Å². The van der Waals surface area contributed by atoms with Crippen LogP contribution in [0.2, 0.25) is 0 Å². The van der Waals surface area contributed by atoms with Crippen molar-refractivity contribution in [3.63, 3.8) is 0 Å². The molecule has 1 aromatic heterocycles. The number of aromatic nitrogens is 1. The number of nitrogens with zero attached hydrogens (tertiary/aromatic N) is 2. The molecular formula is C30H26N2. The van der Waals surface area contributed by atoms with Crippen LogP contribution >= 0.6 is 0 Å². The van der Waals surface area contributed by atoms with Gasteiger partial charge in [-0.05, 0) is 34.7 Å². The fourth-order valence-corrected chi connectivity index (χ4v) is 5.64. The molecule has 0 spiro atoms. The van der Waals surface area contributed by atoms with Crippen LogP contribution in [0.25, 0.3) is 21.9 Å². The minimum absolute atomic E-state index is 0.0546. The van der Waals surface area contributed by atoms with Gasteiger partial charge in [0.2, 0.25) is 0 Å². The molecule has 2 atom stereocenters. The van der Waals surface area contributed by atoms with Crippen molar-refractivity contribution >= 4 is 22.1 Å². The van der Waals surface area contributed by atoms with Gasteiger partial charge in [0.25, 0.3) is 0 Å². The fraction of sp³-hybridized carbons (Fsp3) is 0.167. The molecule has 4 aromatic rings. The van der Waals surface area contributed by atoms with Crippen LogP contribution in [0.15, 0.2) is 109 Å².